The zero-order chi connectivity index (χ0) is 16.8. The topological polar surface area (TPSA) is 67.8 Å². The second-order valence-corrected chi connectivity index (χ2v) is 6.92. The Kier molecular flexibility index (Phi) is 6.90. The average Bonchev–Trinajstić information content (AvgIpc) is 2.48. The van der Waals surface area contributed by atoms with Crippen molar-refractivity contribution in [3.63, 3.8) is 0 Å². The largest absolute Gasteiger partial charge is 0.459 e. The first-order chi connectivity index (χ1) is 11.1. The normalized spacial score (nSPS) is 28.0. The summed E-state index contributed by atoms with van der Waals surface area (Å²) in [6.07, 6.45) is 6.41. The van der Waals surface area contributed by atoms with E-state index >= 15 is 0 Å². The number of hydrogen-bond donors (Lipinski definition) is 2. The molecule has 1 aliphatic carbocycles. The van der Waals surface area contributed by atoms with E-state index in [9.17, 15) is 4.79 Å². The van der Waals surface area contributed by atoms with Crippen LogP contribution in [0.4, 0.5) is 0 Å². The van der Waals surface area contributed by atoms with Gasteiger partial charge in [-0.25, -0.2) is 0 Å². The van der Waals surface area contributed by atoms with Gasteiger partial charge in [0.15, 0.2) is 5.76 Å². The van der Waals surface area contributed by atoms with Crippen molar-refractivity contribution in [2.75, 3.05) is 13.2 Å². The van der Waals surface area contributed by atoms with Crippen molar-refractivity contribution < 1.29 is 19.4 Å². The molecule has 2 rings (SSSR count). The average molecular weight is 325 g/mol. The molecule has 2 aliphatic rings. The van der Waals surface area contributed by atoms with Crippen LogP contribution in [0.25, 0.3) is 0 Å². The Hall–Kier alpha value is -1.07. The number of nitrogens with one attached hydrogen (secondary N) is 1. The van der Waals surface area contributed by atoms with E-state index in [0.717, 1.165) is 25.7 Å². The molecule has 1 amide bonds. The van der Waals surface area contributed by atoms with Gasteiger partial charge in [-0.15, -0.1) is 0 Å². The Labute approximate surface area is 139 Å². The predicted molar refractivity (Wildman–Crippen MR) is 88.5 cm³/mol. The number of aliphatic hydroxyl groups is 1. The summed E-state index contributed by atoms with van der Waals surface area (Å²) in [5, 5.41) is 12.2. The van der Waals surface area contributed by atoms with Crippen LogP contribution in [0, 0.1) is 17.8 Å². The lowest BCUT2D eigenvalue weighted by molar-refractivity contribution is -0.175. The van der Waals surface area contributed by atoms with Gasteiger partial charge in [-0.1, -0.05) is 13.8 Å². The Morgan fingerprint density at radius 3 is 2.74 bits per heavy atom. The molecule has 0 aromatic carbocycles. The van der Waals surface area contributed by atoms with Crippen molar-refractivity contribution in [3.05, 3.63) is 11.8 Å². The summed E-state index contributed by atoms with van der Waals surface area (Å²) in [7, 11) is 0. The molecule has 5 nitrogen and oxygen atoms in total. The lowest BCUT2D eigenvalue weighted by atomic mass is 9.78. The summed E-state index contributed by atoms with van der Waals surface area (Å²) in [6, 6.07) is 0.294. The van der Waals surface area contributed by atoms with Crippen molar-refractivity contribution in [2.45, 2.75) is 65.2 Å². The minimum Gasteiger partial charge on any atom is -0.459 e. The SMILES string of the molecule is CCO[C@H]1OC(C(=O)NC2CCC2)=C[C@@H](C(C)C)[C@@H]1CCCO. The second kappa shape index (κ2) is 8.69. The highest BCUT2D eigenvalue weighted by Gasteiger charge is 2.38. The Bertz CT molecular complexity index is 417. The van der Waals surface area contributed by atoms with E-state index in [1.54, 1.807) is 0 Å². The molecule has 0 unspecified atom stereocenters. The van der Waals surface area contributed by atoms with Gasteiger partial charge >= 0.3 is 0 Å². The maximum Gasteiger partial charge on any atom is 0.286 e. The lowest BCUT2D eigenvalue weighted by Gasteiger charge is -2.39. The fourth-order valence-electron chi connectivity index (χ4n) is 3.33. The maximum absolute atomic E-state index is 12.4. The lowest BCUT2D eigenvalue weighted by Crippen LogP contribution is -2.44. The Balaban J connectivity index is 2.13. The van der Waals surface area contributed by atoms with E-state index in [-0.39, 0.29) is 24.3 Å². The fourth-order valence-corrected chi connectivity index (χ4v) is 3.33. The first kappa shape index (κ1) is 18.3. The van der Waals surface area contributed by atoms with E-state index in [1.807, 2.05) is 13.0 Å². The number of carbonyl (C=O) groups excluding carboxylic acids is 1. The summed E-state index contributed by atoms with van der Waals surface area (Å²) >= 11 is 0. The molecular weight excluding hydrogens is 294 g/mol. The van der Waals surface area contributed by atoms with Crippen LogP contribution in [0.3, 0.4) is 0 Å². The summed E-state index contributed by atoms with van der Waals surface area (Å²) in [6.45, 7) is 6.95. The third-order valence-electron chi connectivity index (χ3n) is 4.89. The van der Waals surface area contributed by atoms with Gasteiger partial charge in [-0.2, -0.15) is 0 Å². The molecular formula is C18H31NO4. The van der Waals surface area contributed by atoms with Crippen LogP contribution >= 0.6 is 0 Å². The fraction of sp³-hybridized carbons (Fsp3) is 0.833. The van der Waals surface area contributed by atoms with Gasteiger partial charge in [0.05, 0.1) is 0 Å². The van der Waals surface area contributed by atoms with Gasteiger partial charge in [-0.05, 0) is 56.9 Å². The first-order valence-corrected chi connectivity index (χ1v) is 8.98. The molecule has 5 heteroatoms. The van der Waals surface area contributed by atoms with E-state index in [2.05, 4.69) is 19.2 Å². The molecule has 1 fully saturated rings. The molecule has 0 radical (unpaired) electrons. The zero-order valence-electron chi connectivity index (χ0n) is 14.6. The number of hydrogen-bond acceptors (Lipinski definition) is 4. The molecule has 0 saturated heterocycles. The summed E-state index contributed by atoms with van der Waals surface area (Å²) in [5.74, 6) is 1.05. The molecule has 0 bridgehead atoms. The number of aliphatic hydroxyl groups excluding tert-OH is 1. The number of rotatable bonds is 8. The molecule has 0 spiro atoms. The zero-order valence-corrected chi connectivity index (χ0v) is 14.6. The maximum atomic E-state index is 12.4. The highest BCUT2D eigenvalue weighted by atomic mass is 16.7. The van der Waals surface area contributed by atoms with Crippen LogP contribution in [0.15, 0.2) is 11.8 Å². The molecule has 132 valence electrons. The third-order valence-corrected chi connectivity index (χ3v) is 4.89. The molecule has 1 aliphatic heterocycles. The van der Waals surface area contributed by atoms with Crippen LogP contribution in [0.1, 0.15) is 52.9 Å². The van der Waals surface area contributed by atoms with E-state index in [0.29, 0.717) is 24.3 Å². The van der Waals surface area contributed by atoms with Crippen LogP contribution in [0.2, 0.25) is 0 Å². The van der Waals surface area contributed by atoms with Gasteiger partial charge in [0.25, 0.3) is 5.91 Å². The van der Waals surface area contributed by atoms with Gasteiger partial charge < -0.3 is 19.9 Å². The Morgan fingerprint density at radius 1 is 1.48 bits per heavy atom. The quantitative estimate of drug-likeness (QED) is 0.720. The molecule has 0 aromatic heterocycles. The minimum absolute atomic E-state index is 0.120. The molecule has 2 N–H and O–H groups in total. The van der Waals surface area contributed by atoms with Crippen molar-refractivity contribution >= 4 is 5.91 Å². The minimum atomic E-state index is -0.411. The molecule has 1 saturated carbocycles. The number of carbonyl (C=O) groups is 1. The molecule has 1 heterocycles. The van der Waals surface area contributed by atoms with Gasteiger partial charge in [-0.3, -0.25) is 4.79 Å². The second-order valence-electron chi connectivity index (χ2n) is 6.92. The number of amides is 1. The molecule has 0 aromatic rings. The summed E-state index contributed by atoms with van der Waals surface area (Å²) in [4.78, 5) is 12.4. The number of ether oxygens (including phenoxy) is 2. The first-order valence-electron chi connectivity index (χ1n) is 8.98. The smallest absolute Gasteiger partial charge is 0.286 e. The van der Waals surface area contributed by atoms with Crippen LogP contribution in [-0.2, 0) is 14.3 Å². The van der Waals surface area contributed by atoms with Gasteiger partial charge in [0, 0.05) is 25.2 Å². The van der Waals surface area contributed by atoms with Crippen molar-refractivity contribution in [3.8, 4) is 0 Å². The van der Waals surface area contributed by atoms with E-state index < -0.39 is 6.29 Å². The van der Waals surface area contributed by atoms with Gasteiger partial charge in [0.1, 0.15) is 0 Å². The van der Waals surface area contributed by atoms with Crippen molar-refractivity contribution in [1.82, 2.24) is 5.32 Å². The van der Waals surface area contributed by atoms with Crippen LogP contribution in [-0.4, -0.2) is 36.6 Å². The highest BCUT2D eigenvalue weighted by molar-refractivity contribution is 5.91. The predicted octanol–water partition coefficient (Wildman–Crippen LogP) is 2.59. The van der Waals surface area contributed by atoms with Crippen molar-refractivity contribution in [2.24, 2.45) is 17.8 Å². The van der Waals surface area contributed by atoms with Crippen LogP contribution < -0.4 is 5.32 Å². The summed E-state index contributed by atoms with van der Waals surface area (Å²) < 4.78 is 11.7. The molecule has 23 heavy (non-hydrogen) atoms. The standard InChI is InChI=1S/C18H31NO4/c1-4-22-18-14(9-6-10-20)15(12(2)3)11-16(23-18)17(21)19-13-7-5-8-13/h11-15,18,20H,4-10H2,1-3H3,(H,19,21)/t14-,15-,18-/m0/s1. The van der Waals surface area contributed by atoms with E-state index in [4.69, 9.17) is 14.6 Å². The highest BCUT2D eigenvalue weighted by Crippen LogP contribution is 2.37. The van der Waals surface area contributed by atoms with Crippen molar-refractivity contribution in [1.29, 1.82) is 0 Å². The summed E-state index contributed by atoms with van der Waals surface area (Å²) in [5.41, 5.74) is 0. The monoisotopic (exact) mass is 325 g/mol. The van der Waals surface area contributed by atoms with Crippen LogP contribution in [0.5, 0.6) is 0 Å². The molecule has 3 atom stereocenters. The van der Waals surface area contributed by atoms with Gasteiger partial charge in [0.2, 0.25) is 6.29 Å². The number of allylic oxidation sites excluding steroid dienone is 1. The van der Waals surface area contributed by atoms with E-state index in [1.165, 1.54) is 6.42 Å². The Morgan fingerprint density at radius 2 is 2.22 bits per heavy atom. The third kappa shape index (κ3) is 4.70.